The Kier molecular flexibility index (Phi) is 3.59. The first-order valence-electron chi connectivity index (χ1n) is 5.30. The number of nitrogens with zero attached hydrogens (tertiary/aromatic N) is 2. The van der Waals surface area contributed by atoms with Crippen LogP contribution in [0.5, 0.6) is 0 Å². The van der Waals surface area contributed by atoms with E-state index >= 15 is 0 Å². The van der Waals surface area contributed by atoms with Gasteiger partial charge in [0.2, 0.25) is 0 Å². The van der Waals surface area contributed by atoms with Crippen LogP contribution >= 0.6 is 15.9 Å². The van der Waals surface area contributed by atoms with Crippen molar-refractivity contribution in [3.05, 3.63) is 22.8 Å². The van der Waals surface area contributed by atoms with Crippen LogP contribution in [0.25, 0.3) is 0 Å². The number of anilines is 1. The number of aromatic nitrogens is 1. The van der Waals surface area contributed by atoms with E-state index in [1.165, 1.54) is 12.8 Å². The molecule has 2 rings (SSSR count). The number of rotatable bonds is 2. The van der Waals surface area contributed by atoms with Gasteiger partial charge in [-0.2, -0.15) is 0 Å². The van der Waals surface area contributed by atoms with Gasteiger partial charge in [0.25, 0.3) is 0 Å². The molecule has 1 saturated heterocycles. The summed E-state index contributed by atoms with van der Waals surface area (Å²) >= 11 is 3.44. The van der Waals surface area contributed by atoms with Gasteiger partial charge in [0, 0.05) is 17.2 Å². The Morgan fingerprint density at radius 1 is 1.53 bits per heavy atom. The zero-order valence-electron chi connectivity index (χ0n) is 8.56. The van der Waals surface area contributed by atoms with Gasteiger partial charge in [0.15, 0.2) is 0 Å². The summed E-state index contributed by atoms with van der Waals surface area (Å²) < 4.78 is 1.04. The van der Waals surface area contributed by atoms with Crippen molar-refractivity contribution in [3.8, 4) is 0 Å². The third kappa shape index (κ3) is 2.49. The van der Waals surface area contributed by atoms with Crippen LogP contribution in [0.4, 0.5) is 5.82 Å². The Labute approximate surface area is 98.3 Å². The summed E-state index contributed by atoms with van der Waals surface area (Å²) in [6.07, 6.45) is 5.24. The molecule has 15 heavy (non-hydrogen) atoms. The number of hydrogen-bond donors (Lipinski definition) is 1. The summed E-state index contributed by atoms with van der Waals surface area (Å²) in [6, 6.07) is 4.16. The molecule has 0 amide bonds. The van der Waals surface area contributed by atoms with E-state index in [1.807, 2.05) is 12.1 Å². The van der Waals surface area contributed by atoms with Crippen LogP contribution < -0.4 is 4.90 Å². The Morgan fingerprint density at radius 2 is 2.40 bits per heavy atom. The molecule has 0 radical (unpaired) electrons. The minimum Gasteiger partial charge on any atom is -0.394 e. The normalized spacial score (nSPS) is 21.7. The lowest BCUT2D eigenvalue weighted by Gasteiger charge is -2.35. The maximum atomic E-state index is 9.31. The number of aliphatic hydroxyl groups is 1. The Hall–Kier alpha value is -0.610. The first kappa shape index (κ1) is 10.9. The van der Waals surface area contributed by atoms with Crippen LogP contribution in [-0.4, -0.2) is 29.3 Å². The highest BCUT2D eigenvalue weighted by molar-refractivity contribution is 9.10. The zero-order valence-corrected chi connectivity index (χ0v) is 10.2. The van der Waals surface area contributed by atoms with Crippen LogP contribution in [0.15, 0.2) is 22.8 Å². The summed E-state index contributed by atoms with van der Waals surface area (Å²) in [5.74, 6) is 0.961. The number of aliphatic hydroxyl groups excluding tert-OH is 1. The fourth-order valence-electron chi connectivity index (χ4n) is 2.04. The second-order valence-corrected chi connectivity index (χ2v) is 4.77. The highest BCUT2D eigenvalue weighted by Crippen LogP contribution is 2.24. The summed E-state index contributed by atoms with van der Waals surface area (Å²) in [7, 11) is 0. The third-order valence-corrected chi connectivity index (χ3v) is 3.33. The van der Waals surface area contributed by atoms with Gasteiger partial charge in [-0.3, -0.25) is 0 Å². The van der Waals surface area contributed by atoms with Crippen molar-refractivity contribution in [1.29, 1.82) is 0 Å². The SMILES string of the molecule is OCC1CCCCN1c1cc(Br)ccn1. The number of piperidine rings is 1. The van der Waals surface area contributed by atoms with E-state index in [0.717, 1.165) is 23.3 Å². The number of pyridine rings is 1. The summed E-state index contributed by atoms with van der Waals surface area (Å²) in [5.41, 5.74) is 0. The van der Waals surface area contributed by atoms with Gasteiger partial charge in [-0.1, -0.05) is 15.9 Å². The quantitative estimate of drug-likeness (QED) is 0.895. The summed E-state index contributed by atoms with van der Waals surface area (Å²) in [5, 5.41) is 9.31. The van der Waals surface area contributed by atoms with Gasteiger partial charge < -0.3 is 10.0 Å². The van der Waals surface area contributed by atoms with Crippen molar-refractivity contribution in [2.75, 3.05) is 18.1 Å². The first-order chi connectivity index (χ1) is 7.31. The largest absolute Gasteiger partial charge is 0.394 e. The molecule has 82 valence electrons. The average molecular weight is 271 g/mol. The van der Waals surface area contributed by atoms with E-state index in [4.69, 9.17) is 0 Å². The van der Waals surface area contributed by atoms with Crippen LogP contribution in [0, 0.1) is 0 Å². The second-order valence-electron chi connectivity index (χ2n) is 3.86. The molecular weight excluding hydrogens is 256 g/mol. The fourth-order valence-corrected chi connectivity index (χ4v) is 2.37. The molecule has 1 aromatic heterocycles. The van der Waals surface area contributed by atoms with Gasteiger partial charge in [0.1, 0.15) is 5.82 Å². The molecule has 4 heteroatoms. The Morgan fingerprint density at radius 3 is 3.13 bits per heavy atom. The van der Waals surface area contributed by atoms with Crippen LogP contribution in [0.3, 0.4) is 0 Å². The molecular formula is C11H15BrN2O. The molecule has 1 atom stereocenters. The summed E-state index contributed by atoms with van der Waals surface area (Å²) in [6.45, 7) is 1.21. The minimum absolute atomic E-state index is 0.216. The van der Waals surface area contributed by atoms with Crippen molar-refractivity contribution in [3.63, 3.8) is 0 Å². The molecule has 0 saturated carbocycles. The van der Waals surface area contributed by atoms with Gasteiger partial charge in [-0.25, -0.2) is 4.98 Å². The van der Waals surface area contributed by atoms with E-state index in [1.54, 1.807) is 6.20 Å². The maximum Gasteiger partial charge on any atom is 0.129 e. The monoisotopic (exact) mass is 270 g/mol. The maximum absolute atomic E-state index is 9.31. The first-order valence-corrected chi connectivity index (χ1v) is 6.09. The molecule has 1 fully saturated rings. The van der Waals surface area contributed by atoms with Crippen LogP contribution in [0.1, 0.15) is 19.3 Å². The molecule has 0 aromatic carbocycles. The molecule has 3 nitrogen and oxygen atoms in total. The predicted octanol–water partition coefficient (Wildman–Crippen LogP) is 2.20. The molecule has 1 N–H and O–H groups in total. The van der Waals surface area contributed by atoms with Gasteiger partial charge in [-0.15, -0.1) is 0 Å². The molecule has 1 aromatic rings. The lowest BCUT2D eigenvalue weighted by atomic mass is 10.0. The van der Waals surface area contributed by atoms with Crippen molar-refractivity contribution in [2.24, 2.45) is 0 Å². The zero-order chi connectivity index (χ0) is 10.7. The standard InChI is InChI=1S/C11H15BrN2O/c12-9-4-5-13-11(7-9)14-6-2-1-3-10(14)8-15/h4-5,7,10,15H,1-3,6,8H2. The molecule has 2 heterocycles. The van der Waals surface area contributed by atoms with E-state index in [-0.39, 0.29) is 12.6 Å². The fraction of sp³-hybridized carbons (Fsp3) is 0.545. The molecule has 0 bridgehead atoms. The van der Waals surface area contributed by atoms with Gasteiger partial charge in [-0.05, 0) is 31.4 Å². The molecule has 1 unspecified atom stereocenters. The molecule has 0 aliphatic carbocycles. The highest BCUT2D eigenvalue weighted by Gasteiger charge is 2.22. The molecule has 1 aliphatic rings. The van der Waals surface area contributed by atoms with E-state index < -0.39 is 0 Å². The Bertz CT molecular complexity index is 332. The highest BCUT2D eigenvalue weighted by atomic mass is 79.9. The van der Waals surface area contributed by atoms with Crippen LogP contribution in [0.2, 0.25) is 0 Å². The number of halogens is 1. The van der Waals surface area contributed by atoms with Crippen molar-refractivity contribution >= 4 is 21.7 Å². The van der Waals surface area contributed by atoms with Crippen molar-refractivity contribution < 1.29 is 5.11 Å². The minimum atomic E-state index is 0.216. The lowest BCUT2D eigenvalue weighted by molar-refractivity contribution is 0.239. The smallest absolute Gasteiger partial charge is 0.129 e. The Balaban J connectivity index is 2.20. The second kappa shape index (κ2) is 4.94. The van der Waals surface area contributed by atoms with Crippen molar-refractivity contribution in [1.82, 2.24) is 4.98 Å². The lowest BCUT2D eigenvalue weighted by Crippen LogP contribution is -2.42. The molecule has 0 spiro atoms. The van der Waals surface area contributed by atoms with E-state index in [9.17, 15) is 5.11 Å². The van der Waals surface area contributed by atoms with Gasteiger partial charge in [0.05, 0.1) is 12.6 Å². The number of hydrogen-bond acceptors (Lipinski definition) is 3. The third-order valence-electron chi connectivity index (χ3n) is 2.84. The van der Waals surface area contributed by atoms with E-state index in [0.29, 0.717) is 0 Å². The van der Waals surface area contributed by atoms with Crippen molar-refractivity contribution in [2.45, 2.75) is 25.3 Å². The van der Waals surface area contributed by atoms with E-state index in [2.05, 4.69) is 25.8 Å². The van der Waals surface area contributed by atoms with Gasteiger partial charge >= 0.3 is 0 Å². The topological polar surface area (TPSA) is 36.4 Å². The van der Waals surface area contributed by atoms with Crippen LogP contribution in [-0.2, 0) is 0 Å². The summed E-state index contributed by atoms with van der Waals surface area (Å²) in [4.78, 5) is 6.55. The average Bonchev–Trinajstić information content (AvgIpc) is 2.29. The molecule has 1 aliphatic heterocycles. The predicted molar refractivity (Wildman–Crippen MR) is 64.0 cm³/mol.